The van der Waals surface area contributed by atoms with Crippen molar-refractivity contribution in [2.75, 3.05) is 7.11 Å². The van der Waals surface area contributed by atoms with Crippen LogP contribution in [0.15, 0.2) is 18.2 Å². The summed E-state index contributed by atoms with van der Waals surface area (Å²) in [7, 11) is 1.54. The van der Waals surface area contributed by atoms with E-state index >= 15 is 0 Å². The molecule has 0 unspecified atom stereocenters. The first-order valence-electron chi connectivity index (χ1n) is 3.51. The van der Waals surface area contributed by atoms with Crippen molar-refractivity contribution in [2.24, 2.45) is 0 Å². The van der Waals surface area contributed by atoms with Crippen molar-refractivity contribution >= 4 is 5.97 Å². The lowest BCUT2D eigenvalue weighted by molar-refractivity contribution is -0.255. The van der Waals surface area contributed by atoms with Crippen LogP contribution in [0.5, 0.6) is 5.75 Å². The molecule has 1 rings (SSSR count). The van der Waals surface area contributed by atoms with E-state index in [1.807, 2.05) is 0 Å². The average Bonchev–Trinajstić information content (AvgIpc) is 2.04. The summed E-state index contributed by atoms with van der Waals surface area (Å²) >= 11 is 0. The number of carbonyl (C=O) groups is 1. The summed E-state index contributed by atoms with van der Waals surface area (Å²) in [6.45, 7) is 1.78. The van der Waals surface area contributed by atoms with Crippen LogP contribution in [0, 0.1) is 6.92 Å². The molecule has 0 atom stereocenters. The van der Waals surface area contributed by atoms with Crippen LogP contribution in [0.1, 0.15) is 15.9 Å². The summed E-state index contributed by atoms with van der Waals surface area (Å²) in [5, 5.41) is 10.4. The van der Waals surface area contributed by atoms with Crippen molar-refractivity contribution in [3.63, 3.8) is 0 Å². The number of rotatable bonds is 2. The zero-order chi connectivity index (χ0) is 9.14. The van der Waals surface area contributed by atoms with Crippen molar-refractivity contribution in [2.45, 2.75) is 6.92 Å². The Morgan fingerprint density at radius 3 is 2.58 bits per heavy atom. The number of carboxylic acids is 1. The van der Waals surface area contributed by atoms with Crippen LogP contribution in [0.2, 0.25) is 0 Å². The molecule has 64 valence electrons. The number of aromatic carboxylic acids is 1. The molecule has 0 bridgehead atoms. The second-order valence-electron chi connectivity index (χ2n) is 2.47. The summed E-state index contributed by atoms with van der Waals surface area (Å²) < 4.78 is 4.97. The van der Waals surface area contributed by atoms with Crippen molar-refractivity contribution in [1.82, 2.24) is 0 Å². The van der Waals surface area contributed by atoms with E-state index in [2.05, 4.69) is 0 Å². The SMILES string of the molecule is COc1ccc(C(=O)[O-])cc1C. The van der Waals surface area contributed by atoms with E-state index in [-0.39, 0.29) is 5.56 Å². The van der Waals surface area contributed by atoms with E-state index in [1.54, 1.807) is 20.1 Å². The first-order chi connectivity index (χ1) is 5.65. The van der Waals surface area contributed by atoms with Gasteiger partial charge in [0.25, 0.3) is 0 Å². The average molecular weight is 165 g/mol. The summed E-state index contributed by atoms with van der Waals surface area (Å²) in [5.41, 5.74) is 0.965. The van der Waals surface area contributed by atoms with E-state index < -0.39 is 5.97 Å². The third kappa shape index (κ3) is 1.56. The van der Waals surface area contributed by atoms with E-state index in [0.717, 1.165) is 5.56 Å². The van der Waals surface area contributed by atoms with Crippen molar-refractivity contribution < 1.29 is 14.6 Å². The highest BCUT2D eigenvalue weighted by molar-refractivity contribution is 5.86. The number of aryl methyl sites for hydroxylation is 1. The summed E-state index contributed by atoms with van der Waals surface area (Å²) in [4.78, 5) is 10.4. The van der Waals surface area contributed by atoms with Gasteiger partial charge in [0, 0.05) is 0 Å². The quantitative estimate of drug-likeness (QED) is 0.636. The highest BCUT2D eigenvalue weighted by atomic mass is 16.5. The van der Waals surface area contributed by atoms with Gasteiger partial charge in [0.05, 0.1) is 13.1 Å². The zero-order valence-electron chi connectivity index (χ0n) is 6.96. The third-order valence-corrected chi connectivity index (χ3v) is 1.63. The predicted octanol–water partition coefficient (Wildman–Crippen LogP) is 0.367. The van der Waals surface area contributed by atoms with Gasteiger partial charge in [0.15, 0.2) is 0 Å². The Morgan fingerprint density at radius 1 is 1.50 bits per heavy atom. The minimum atomic E-state index is -1.17. The molecule has 0 heterocycles. The van der Waals surface area contributed by atoms with Crippen LogP contribution in [0.3, 0.4) is 0 Å². The van der Waals surface area contributed by atoms with Gasteiger partial charge in [-0.25, -0.2) is 0 Å². The highest BCUT2D eigenvalue weighted by Crippen LogP contribution is 2.17. The lowest BCUT2D eigenvalue weighted by Gasteiger charge is -2.07. The second-order valence-corrected chi connectivity index (χ2v) is 2.47. The number of ether oxygens (including phenoxy) is 1. The topological polar surface area (TPSA) is 49.4 Å². The van der Waals surface area contributed by atoms with Crippen LogP contribution in [0.25, 0.3) is 0 Å². The molecule has 0 aromatic heterocycles. The molecule has 0 fully saturated rings. The van der Waals surface area contributed by atoms with Gasteiger partial charge in [-0.3, -0.25) is 0 Å². The number of hydrogen-bond donors (Lipinski definition) is 0. The molecular weight excluding hydrogens is 156 g/mol. The minimum absolute atomic E-state index is 0.174. The predicted molar refractivity (Wildman–Crippen MR) is 42.1 cm³/mol. The molecule has 0 radical (unpaired) electrons. The lowest BCUT2D eigenvalue weighted by atomic mass is 10.1. The zero-order valence-corrected chi connectivity index (χ0v) is 6.96. The van der Waals surface area contributed by atoms with E-state index in [4.69, 9.17) is 4.74 Å². The standard InChI is InChI=1S/C9H10O3/c1-6-5-7(9(10)11)3-4-8(6)12-2/h3-5H,1-2H3,(H,10,11)/p-1. The number of carbonyl (C=O) groups excluding carboxylic acids is 1. The Bertz CT molecular complexity index is 305. The molecule has 3 nitrogen and oxygen atoms in total. The molecule has 0 aliphatic rings. The second kappa shape index (κ2) is 3.26. The van der Waals surface area contributed by atoms with Gasteiger partial charge in [-0.05, 0) is 36.2 Å². The van der Waals surface area contributed by atoms with E-state index in [1.165, 1.54) is 12.1 Å². The van der Waals surface area contributed by atoms with E-state index in [9.17, 15) is 9.90 Å². The van der Waals surface area contributed by atoms with Gasteiger partial charge < -0.3 is 14.6 Å². The fourth-order valence-electron chi connectivity index (χ4n) is 1.01. The smallest absolute Gasteiger partial charge is 0.121 e. The Morgan fingerprint density at radius 2 is 2.17 bits per heavy atom. The molecule has 0 spiro atoms. The summed E-state index contributed by atoms with van der Waals surface area (Å²) in [5.74, 6) is -0.485. The van der Waals surface area contributed by atoms with E-state index in [0.29, 0.717) is 5.75 Å². The Kier molecular flexibility index (Phi) is 2.33. The molecule has 3 heteroatoms. The summed E-state index contributed by atoms with van der Waals surface area (Å²) in [6, 6.07) is 4.59. The van der Waals surface area contributed by atoms with Gasteiger partial charge in [-0.15, -0.1) is 0 Å². The monoisotopic (exact) mass is 165 g/mol. The van der Waals surface area contributed by atoms with Crippen molar-refractivity contribution in [3.05, 3.63) is 29.3 Å². The van der Waals surface area contributed by atoms with Gasteiger partial charge in [0.2, 0.25) is 0 Å². The maximum absolute atomic E-state index is 10.4. The first kappa shape index (κ1) is 8.59. The molecule has 1 aromatic carbocycles. The lowest BCUT2D eigenvalue weighted by Crippen LogP contribution is -2.22. The van der Waals surface area contributed by atoms with Crippen LogP contribution in [0.4, 0.5) is 0 Å². The summed E-state index contributed by atoms with van der Waals surface area (Å²) in [6.07, 6.45) is 0. The van der Waals surface area contributed by atoms with Crippen LogP contribution in [-0.4, -0.2) is 13.1 Å². The Labute approximate surface area is 70.6 Å². The molecule has 12 heavy (non-hydrogen) atoms. The van der Waals surface area contributed by atoms with Gasteiger partial charge in [0.1, 0.15) is 5.75 Å². The fraction of sp³-hybridized carbons (Fsp3) is 0.222. The molecule has 0 aliphatic heterocycles. The number of carboxylic acid groups (broad SMARTS) is 1. The van der Waals surface area contributed by atoms with Crippen molar-refractivity contribution in [3.8, 4) is 5.75 Å². The molecule has 0 aliphatic carbocycles. The molecule has 0 saturated carbocycles. The Balaban J connectivity index is 3.10. The molecular formula is C9H9O3-. The van der Waals surface area contributed by atoms with Crippen LogP contribution < -0.4 is 9.84 Å². The van der Waals surface area contributed by atoms with Gasteiger partial charge in [-0.2, -0.15) is 0 Å². The maximum Gasteiger partial charge on any atom is 0.121 e. The third-order valence-electron chi connectivity index (χ3n) is 1.63. The fourth-order valence-corrected chi connectivity index (χ4v) is 1.01. The Hall–Kier alpha value is -1.51. The first-order valence-corrected chi connectivity index (χ1v) is 3.51. The van der Waals surface area contributed by atoms with Crippen LogP contribution >= 0.6 is 0 Å². The highest BCUT2D eigenvalue weighted by Gasteiger charge is 1.99. The minimum Gasteiger partial charge on any atom is -0.545 e. The normalized spacial score (nSPS) is 9.50. The molecule has 0 N–H and O–H groups in total. The van der Waals surface area contributed by atoms with Gasteiger partial charge >= 0.3 is 0 Å². The van der Waals surface area contributed by atoms with Gasteiger partial charge in [-0.1, -0.05) is 0 Å². The maximum atomic E-state index is 10.4. The number of hydrogen-bond acceptors (Lipinski definition) is 3. The number of benzene rings is 1. The van der Waals surface area contributed by atoms with Crippen molar-refractivity contribution in [1.29, 1.82) is 0 Å². The van der Waals surface area contributed by atoms with Crippen LogP contribution in [-0.2, 0) is 0 Å². The molecule has 1 aromatic rings. The molecule has 0 saturated heterocycles. The molecule has 0 amide bonds. The largest absolute Gasteiger partial charge is 0.545 e. The number of methoxy groups -OCH3 is 1.